The lowest BCUT2D eigenvalue weighted by atomic mass is 10.2. The minimum Gasteiger partial charge on any atom is -0.313 e. The Labute approximate surface area is 109 Å². The summed E-state index contributed by atoms with van der Waals surface area (Å²) in [5, 5.41) is 9.33. The standard InChI is InChI=1S/C13H25N3S/c1-5-7-9-17-13-12(10-14-8-6-2)11(3)15-16(13)4/h14H,5-10H2,1-4H3. The molecule has 98 valence electrons. The van der Waals surface area contributed by atoms with Gasteiger partial charge in [-0.1, -0.05) is 20.3 Å². The maximum absolute atomic E-state index is 4.52. The molecule has 0 aliphatic carbocycles. The predicted molar refractivity (Wildman–Crippen MR) is 75.6 cm³/mol. The van der Waals surface area contributed by atoms with Crippen LogP contribution in [0.3, 0.4) is 0 Å². The Hall–Kier alpha value is -0.480. The van der Waals surface area contributed by atoms with E-state index < -0.39 is 0 Å². The Balaban J connectivity index is 2.65. The molecule has 17 heavy (non-hydrogen) atoms. The number of thioether (sulfide) groups is 1. The molecular formula is C13H25N3S. The largest absolute Gasteiger partial charge is 0.313 e. The molecule has 1 N–H and O–H groups in total. The summed E-state index contributed by atoms with van der Waals surface area (Å²) < 4.78 is 2.03. The first kappa shape index (κ1) is 14.6. The molecule has 0 radical (unpaired) electrons. The van der Waals surface area contributed by atoms with Gasteiger partial charge in [-0.25, -0.2) is 0 Å². The molecule has 0 aliphatic heterocycles. The van der Waals surface area contributed by atoms with Crippen molar-refractivity contribution in [3.05, 3.63) is 11.3 Å². The minimum absolute atomic E-state index is 0.946. The third-order valence-electron chi connectivity index (χ3n) is 2.75. The molecular weight excluding hydrogens is 230 g/mol. The number of nitrogens with one attached hydrogen (secondary N) is 1. The zero-order valence-electron chi connectivity index (χ0n) is 11.5. The molecule has 0 aliphatic rings. The molecule has 0 fully saturated rings. The van der Waals surface area contributed by atoms with Crippen molar-refractivity contribution >= 4 is 11.8 Å². The van der Waals surface area contributed by atoms with E-state index in [1.54, 1.807) is 0 Å². The Morgan fingerprint density at radius 2 is 2.06 bits per heavy atom. The highest BCUT2D eigenvalue weighted by molar-refractivity contribution is 7.99. The molecule has 0 aromatic carbocycles. The summed E-state index contributed by atoms with van der Waals surface area (Å²) in [5.41, 5.74) is 2.54. The monoisotopic (exact) mass is 255 g/mol. The fourth-order valence-electron chi connectivity index (χ4n) is 1.77. The maximum atomic E-state index is 4.52. The van der Waals surface area contributed by atoms with Crippen molar-refractivity contribution in [1.82, 2.24) is 15.1 Å². The molecule has 0 bridgehead atoms. The van der Waals surface area contributed by atoms with E-state index in [2.05, 4.69) is 31.2 Å². The molecule has 3 nitrogen and oxygen atoms in total. The van der Waals surface area contributed by atoms with Gasteiger partial charge in [-0.15, -0.1) is 11.8 Å². The first-order chi connectivity index (χ1) is 8.20. The molecule has 0 spiro atoms. The fraction of sp³-hybridized carbons (Fsp3) is 0.769. The summed E-state index contributed by atoms with van der Waals surface area (Å²) in [5.74, 6) is 1.19. The Morgan fingerprint density at radius 1 is 1.29 bits per heavy atom. The Kier molecular flexibility index (Phi) is 6.66. The maximum Gasteiger partial charge on any atom is 0.0984 e. The lowest BCUT2D eigenvalue weighted by molar-refractivity contribution is 0.652. The van der Waals surface area contributed by atoms with E-state index in [4.69, 9.17) is 0 Å². The van der Waals surface area contributed by atoms with Gasteiger partial charge >= 0.3 is 0 Å². The summed E-state index contributed by atoms with van der Waals surface area (Å²) in [6.07, 6.45) is 3.71. The number of aryl methyl sites for hydroxylation is 2. The summed E-state index contributed by atoms with van der Waals surface area (Å²) in [7, 11) is 2.05. The van der Waals surface area contributed by atoms with Crippen LogP contribution in [0.4, 0.5) is 0 Å². The Morgan fingerprint density at radius 3 is 2.71 bits per heavy atom. The van der Waals surface area contributed by atoms with Crippen LogP contribution < -0.4 is 5.32 Å². The van der Waals surface area contributed by atoms with E-state index in [0.29, 0.717) is 0 Å². The summed E-state index contributed by atoms with van der Waals surface area (Å²) in [6.45, 7) is 8.56. The van der Waals surface area contributed by atoms with Crippen molar-refractivity contribution in [2.75, 3.05) is 12.3 Å². The minimum atomic E-state index is 0.946. The first-order valence-corrected chi connectivity index (χ1v) is 7.55. The first-order valence-electron chi connectivity index (χ1n) is 6.56. The number of hydrogen-bond donors (Lipinski definition) is 1. The molecule has 0 atom stereocenters. The molecule has 0 amide bonds. The molecule has 1 heterocycles. The van der Waals surface area contributed by atoms with Gasteiger partial charge in [0.25, 0.3) is 0 Å². The van der Waals surface area contributed by atoms with Crippen LogP contribution in [-0.2, 0) is 13.6 Å². The third kappa shape index (κ3) is 4.36. The zero-order chi connectivity index (χ0) is 12.7. The van der Waals surface area contributed by atoms with E-state index >= 15 is 0 Å². The fourth-order valence-corrected chi connectivity index (χ4v) is 3.02. The highest BCUT2D eigenvalue weighted by atomic mass is 32.2. The number of hydrogen-bond acceptors (Lipinski definition) is 3. The van der Waals surface area contributed by atoms with Crippen molar-refractivity contribution in [3.8, 4) is 0 Å². The Bertz CT molecular complexity index is 303. The van der Waals surface area contributed by atoms with Gasteiger partial charge in [0.05, 0.1) is 10.7 Å². The van der Waals surface area contributed by atoms with Gasteiger partial charge in [-0.05, 0) is 32.1 Å². The molecule has 0 saturated carbocycles. The predicted octanol–water partition coefficient (Wildman–Crippen LogP) is 3.12. The van der Waals surface area contributed by atoms with Crippen LogP contribution in [0.1, 0.15) is 44.4 Å². The number of unbranched alkanes of at least 4 members (excludes halogenated alkanes) is 1. The van der Waals surface area contributed by atoms with Crippen LogP contribution in [0, 0.1) is 6.92 Å². The van der Waals surface area contributed by atoms with Crippen LogP contribution in [0.5, 0.6) is 0 Å². The molecule has 4 heteroatoms. The van der Waals surface area contributed by atoms with Crippen LogP contribution in [0.2, 0.25) is 0 Å². The van der Waals surface area contributed by atoms with Gasteiger partial charge < -0.3 is 5.32 Å². The van der Waals surface area contributed by atoms with Gasteiger partial charge in [0, 0.05) is 19.2 Å². The van der Waals surface area contributed by atoms with Gasteiger partial charge in [-0.2, -0.15) is 5.10 Å². The van der Waals surface area contributed by atoms with Crippen molar-refractivity contribution in [3.63, 3.8) is 0 Å². The average molecular weight is 255 g/mol. The number of aromatic nitrogens is 2. The number of nitrogens with zero attached hydrogens (tertiary/aromatic N) is 2. The smallest absolute Gasteiger partial charge is 0.0984 e. The zero-order valence-corrected chi connectivity index (χ0v) is 12.4. The quantitative estimate of drug-likeness (QED) is 0.572. The summed E-state index contributed by atoms with van der Waals surface area (Å²) in [4.78, 5) is 0. The van der Waals surface area contributed by atoms with Crippen molar-refractivity contribution < 1.29 is 0 Å². The second kappa shape index (κ2) is 7.77. The lowest BCUT2D eigenvalue weighted by Gasteiger charge is -2.07. The third-order valence-corrected chi connectivity index (χ3v) is 4.03. The summed E-state index contributed by atoms with van der Waals surface area (Å²) in [6, 6.07) is 0. The van der Waals surface area contributed by atoms with E-state index in [-0.39, 0.29) is 0 Å². The highest BCUT2D eigenvalue weighted by Crippen LogP contribution is 2.25. The topological polar surface area (TPSA) is 29.9 Å². The lowest BCUT2D eigenvalue weighted by Crippen LogP contribution is -2.14. The van der Waals surface area contributed by atoms with Crippen LogP contribution in [-0.4, -0.2) is 22.1 Å². The van der Waals surface area contributed by atoms with Gasteiger partial charge in [0.1, 0.15) is 0 Å². The van der Waals surface area contributed by atoms with Crippen LogP contribution in [0.25, 0.3) is 0 Å². The van der Waals surface area contributed by atoms with E-state index in [0.717, 1.165) is 18.8 Å². The van der Waals surface area contributed by atoms with Gasteiger partial charge in [0.2, 0.25) is 0 Å². The SMILES string of the molecule is CCCCSc1c(CNCCC)c(C)nn1C. The van der Waals surface area contributed by atoms with E-state index in [9.17, 15) is 0 Å². The normalized spacial score (nSPS) is 11.1. The van der Waals surface area contributed by atoms with Crippen molar-refractivity contribution in [1.29, 1.82) is 0 Å². The summed E-state index contributed by atoms with van der Waals surface area (Å²) >= 11 is 1.94. The molecule has 0 unspecified atom stereocenters. The second-order valence-corrected chi connectivity index (χ2v) is 5.46. The highest BCUT2D eigenvalue weighted by Gasteiger charge is 2.12. The van der Waals surface area contributed by atoms with Crippen LogP contribution >= 0.6 is 11.8 Å². The molecule has 1 aromatic rings. The average Bonchev–Trinajstić information content (AvgIpc) is 2.56. The van der Waals surface area contributed by atoms with Crippen molar-refractivity contribution in [2.24, 2.45) is 7.05 Å². The second-order valence-electron chi connectivity index (χ2n) is 4.37. The number of rotatable bonds is 8. The van der Waals surface area contributed by atoms with E-state index in [1.165, 1.54) is 35.6 Å². The molecule has 1 rings (SSSR count). The van der Waals surface area contributed by atoms with Gasteiger partial charge in [-0.3, -0.25) is 4.68 Å². The van der Waals surface area contributed by atoms with Crippen molar-refractivity contribution in [2.45, 2.75) is 51.6 Å². The molecule has 1 aromatic heterocycles. The van der Waals surface area contributed by atoms with E-state index in [1.807, 2.05) is 23.5 Å². The van der Waals surface area contributed by atoms with Crippen LogP contribution in [0.15, 0.2) is 5.03 Å². The van der Waals surface area contributed by atoms with Gasteiger partial charge in [0.15, 0.2) is 0 Å². The molecule has 0 saturated heterocycles.